The molecule has 19 heavy (non-hydrogen) atoms. The minimum Gasteiger partial charge on any atom is -0.307 e. The predicted molar refractivity (Wildman–Crippen MR) is 78.9 cm³/mol. The van der Waals surface area contributed by atoms with Crippen LogP contribution >= 0.6 is 0 Å². The van der Waals surface area contributed by atoms with Crippen molar-refractivity contribution in [2.75, 3.05) is 0 Å². The number of hydrogen-bond donors (Lipinski definition) is 1. The van der Waals surface area contributed by atoms with Gasteiger partial charge in [0.15, 0.2) is 0 Å². The monoisotopic (exact) mass is 257 g/mol. The molecule has 0 saturated heterocycles. The van der Waals surface area contributed by atoms with Gasteiger partial charge in [-0.25, -0.2) is 0 Å². The Balaban J connectivity index is 1.81. The highest BCUT2D eigenvalue weighted by atomic mass is 15.3. The fourth-order valence-corrected chi connectivity index (χ4v) is 3.32. The van der Waals surface area contributed by atoms with Crippen molar-refractivity contribution in [3.8, 4) is 0 Å². The van der Waals surface area contributed by atoms with Crippen molar-refractivity contribution in [2.45, 2.75) is 40.3 Å². The molecule has 0 amide bonds. The van der Waals surface area contributed by atoms with Gasteiger partial charge >= 0.3 is 0 Å². The van der Waals surface area contributed by atoms with E-state index in [1.807, 2.05) is 11.7 Å². The Morgan fingerprint density at radius 3 is 2.42 bits per heavy atom. The van der Waals surface area contributed by atoms with Crippen LogP contribution in [0.15, 0.2) is 24.3 Å². The topological polar surface area (TPSA) is 29.9 Å². The molecule has 1 N–H and O–H groups in total. The van der Waals surface area contributed by atoms with Gasteiger partial charge in [0.05, 0.1) is 11.2 Å². The van der Waals surface area contributed by atoms with Crippen molar-refractivity contribution in [2.24, 2.45) is 17.9 Å². The Morgan fingerprint density at radius 2 is 1.79 bits per heavy atom. The van der Waals surface area contributed by atoms with E-state index in [2.05, 4.69) is 62.4 Å². The van der Waals surface area contributed by atoms with Crippen LogP contribution in [0, 0.1) is 10.8 Å². The summed E-state index contributed by atoms with van der Waals surface area (Å²) in [6, 6.07) is 8.99. The number of rotatable bonds is 3. The molecule has 0 spiro atoms. The lowest BCUT2D eigenvalue weighted by atomic mass is 10.0. The van der Waals surface area contributed by atoms with Gasteiger partial charge in [-0.15, -0.1) is 0 Å². The molecule has 0 unspecified atom stereocenters. The zero-order chi connectivity index (χ0) is 13.8. The van der Waals surface area contributed by atoms with Crippen LogP contribution in [0.25, 0.3) is 10.9 Å². The van der Waals surface area contributed by atoms with Crippen LogP contribution in [0.4, 0.5) is 0 Å². The van der Waals surface area contributed by atoms with Gasteiger partial charge in [0, 0.05) is 25.0 Å². The summed E-state index contributed by atoms with van der Waals surface area (Å²) in [6.45, 7) is 10.2. The molecule has 1 aliphatic rings. The van der Waals surface area contributed by atoms with E-state index < -0.39 is 0 Å². The maximum Gasteiger partial charge on any atom is 0.0841 e. The molecule has 1 aromatic heterocycles. The van der Waals surface area contributed by atoms with E-state index in [1.165, 1.54) is 10.9 Å². The van der Waals surface area contributed by atoms with Gasteiger partial charge in [-0.2, -0.15) is 5.10 Å². The third-order valence-corrected chi connectivity index (χ3v) is 5.33. The average Bonchev–Trinajstić information content (AvgIpc) is 2.64. The quantitative estimate of drug-likeness (QED) is 0.915. The lowest BCUT2D eigenvalue weighted by molar-refractivity contribution is 0.457. The fourth-order valence-electron chi connectivity index (χ4n) is 3.32. The number of hydrogen-bond acceptors (Lipinski definition) is 2. The predicted octanol–water partition coefficient (Wildman–Crippen LogP) is 3.10. The molecule has 2 aromatic rings. The number of para-hydroxylation sites is 1. The molecule has 1 aliphatic carbocycles. The molecular formula is C16H23N3. The first kappa shape index (κ1) is 12.7. The lowest BCUT2D eigenvalue weighted by Crippen LogP contribution is -2.22. The number of nitrogens with zero attached hydrogens (tertiary/aromatic N) is 2. The van der Waals surface area contributed by atoms with Crippen molar-refractivity contribution in [3.63, 3.8) is 0 Å². The summed E-state index contributed by atoms with van der Waals surface area (Å²) in [5.41, 5.74) is 3.10. The van der Waals surface area contributed by atoms with Crippen LogP contribution in [0.1, 0.15) is 33.4 Å². The largest absolute Gasteiger partial charge is 0.307 e. The summed E-state index contributed by atoms with van der Waals surface area (Å²) in [6.07, 6.45) is 0. The molecule has 0 bridgehead atoms. The zero-order valence-electron chi connectivity index (χ0n) is 12.5. The summed E-state index contributed by atoms with van der Waals surface area (Å²) in [7, 11) is 2.01. The molecule has 102 valence electrons. The molecule has 3 rings (SSSR count). The maximum atomic E-state index is 4.64. The van der Waals surface area contributed by atoms with Crippen molar-refractivity contribution in [3.05, 3.63) is 30.0 Å². The molecule has 0 atom stereocenters. The van der Waals surface area contributed by atoms with Crippen LogP contribution in [0.2, 0.25) is 0 Å². The van der Waals surface area contributed by atoms with E-state index in [1.54, 1.807) is 0 Å². The molecule has 1 fully saturated rings. The van der Waals surface area contributed by atoms with E-state index in [4.69, 9.17) is 0 Å². The van der Waals surface area contributed by atoms with E-state index in [9.17, 15) is 0 Å². The standard InChI is InChI=1S/C16H23N3/c1-15(2)14(16(15,3)4)17-10-12-11-8-6-7-9-13(11)19(5)18-12/h6-9,14,17H,10H2,1-5H3. The SMILES string of the molecule is Cn1nc(CNC2C(C)(C)C2(C)C)c2ccccc21. The van der Waals surface area contributed by atoms with E-state index in [-0.39, 0.29) is 0 Å². The third kappa shape index (κ3) is 1.71. The second-order valence-corrected chi connectivity index (χ2v) is 6.84. The molecule has 1 aromatic carbocycles. The first-order valence-corrected chi connectivity index (χ1v) is 6.99. The van der Waals surface area contributed by atoms with Gasteiger partial charge in [0.2, 0.25) is 0 Å². The second-order valence-electron chi connectivity index (χ2n) is 6.84. The van der Waals surface area contributed by atoms with Crippen LogP contribution in [0.5, 0.6) is 0 Å². The molecule has 3 nitrogen and oxygen atoms in total. The Morgan fingerprint density at radius 1 is 1.16 bits per heavy atom. The van der Waals surface area contributed by atoms with E-state index >= 15 is 0 Å². The van der Waals surface area contributed by atoms with Crippen LogP contribution in [-0.4, -0.2) is 15.8 Å². The van der Waals surface area contributed by atoms with Crippen molar-refractivity contribution in [1.29, 1.82) is 0 Å². The Hall–Kier alpha value is -1.35. The maximum absolute atomic E-state index is 4.64. The van der Waals surface area contributed by atoms with Gasteiger partial charge < -0.3 is 5.32 Å². The molecule has 3 heteroatoms. The van der Waals surface area contributed by atoms with Crippen molar-refractivity contribution >= 4 is 10.9 Å². The summed E-state index contributed by atoms with van der Waals surface area (Å²) < 4.78 is 1.97. The summed E-state index contributed by atoms with van der Waals surface area (Å²) in [5, 5.41) is 9.58. The molecule has 0 radical (unpaired) electrons. The van der Waals surface area contributed by atoms with Gasteiger partial charge in [-0.05, 0) is 16.9 Å². The third-order valence-electron chi connectivity index (χ3n) is 5.33. The van der Waals surface area contributed by atoms with Gasteiger partial charge in [-0.1, -0.05) is 45.9 Å². The first-order valence-electron chi connectivity index (χ1n) is 6.99. The van der Waals surface area contributed by atoms with Crippen molar-refractivity contribution < 1.29 is 0 Å². The Labute approximate surface area is 115 Å². The smallest absolute Gasteiger partial charge is 0.0841 e. The first-order chi connectivity index (χ1) is 8.85. The highest BCUT2D eigenvalue weighted by molar-refractivity contribution is 5.81. The minimum atomic E-state index is 0.373. The van der Waals surface area contributed by atoms with Gasteiger partial charge in [-0.3, -0.25) is 4.68 Å². The summed E-state index contributed by atoms with van der Waals surface area (Å²) >= 11 is 0. The number of nitrogens with one attached hydrogen (secondary N) is 1. The highest BCUT2D eigenvalue weighted by Gasteiger charge is 2.64. The summed E-state index contributed by atoms with van der Waals surface area (Å²) in [5.74, 6) is 0. The zero-order valence-corrected chi connectivity index (χ0v) is 12.5. The fraction of sp³-hybridized carbons (Fsp3) is 0.562. The second kappa shape index (κ2) is 3.83. The average molecular weight is 257 g/mol. The minimum absolute atomic E-state index is 0.373. The number of benzene rings is 1. The Kier molecular flexibility index (Phi) is 2.55. The van der Waals surface area contributed by atoms with Crippen LogP contribution < -0.4 is 5.32 Å². The van der Waals surface area contributed by atoms with Crippen LogP contribution in [0.3, 0.4) is 0 Å². The number of fused-ring (bicyclic) bond motifs is 1. The van der Waals surface area contributed by atoms with E-state index in [0.29, 0.717) is 16.9 Å². The molecule has 1 heterocycles. The number of aromatic nitrogens is 2. The van der Waals surface area contributed by atoms with Crippen molar-refractivity contribution in [1.82, 2.24) is 15.1 Å². The van der Waals surface area contributed by atoms with Gasteiger partial charge in [0.25, 0.3) is 0 Å². The van der Waals surface area contributed by atoms with Crippen LogP contribution in [-0.2, 0) is 13.6 Å². The van der Waals surface area contributed by atoms with Gasteiger partial charge in [0.1, 0.15) is 0 Å². The lowest BCUT2D eigenvalue weighted by Gasteiger charge is -2.04. The molecule has 1 saturated carbocycles. The Bertz CT molecular complexity index is 608. The molecule has 0 aliphatic heterocycles. The summed E-state index contributed by atoms with van der Waals surface area (Å²) in [4.78, 5) is 0. The normalized spacial score (nSPS) is 20.9. The highest BCUT2D eigenvalue weighted by Crippen LogP contribution is 2.62. The molecular weight excluding hydrogens is 234 g/mol. The van der Waals surface area contributed by atoms with E-state index in [0.717, 1.165) is 12.2 Å². The number of aryl methyl sites for hydroxylation is 1.